The summed E-state index contributed by atoms with van der Waals surface area (Å²) in [4.78, 5) is 11.2. The summed E-state index contributed by atoms with van der Waals surface area (Å²) in [6, 6.07) is 6.19. The fourth-order valence-corrected chi connectivity index (χ4v) is 1.97. The van der Waals surface area contributed by atoms with Crippen molar-refractivity contribution in [2.45, 2.75) is 32.7 Å². The van der Waals surface area contributed by atoms with Crippen molar-refractivity contribution in [3.63, 3.8) is 0 Å². The molecule has 0 radical (unpaired) electrons. The Kier molecular flexibility index (Phi) is 5.16. The molecular weight excluding hydrogens is 214 g/mol. The zero-order valence-electron chi connectivity index (χ0n) is 11.0. The third-order valence-electron chi connectivity index (χ3n) is 2.93. The third-order valence-corrected chi connectivity index (χ3v) is 2.93. The highest BCUT2D eigenvalue weighted by atomic mass is 16.5. The molecule has 0 aliphatic carbocycles. The van der Waals surface area contributed by atoms with Gasteiger partial charge in [-0.25, -0.2) is 0 Å². The molecule has 1 rings (SSSR count). The summed E-state index contributed by atoms with van der Waals surface area (Å²) in [5, 5.41) is 3.18. The standard InChI is InChI=1S/C14H21NO2/c1-5-11-9-12(6-7-14(11)17-4)13(15-3)8-10(2)16/h6-7,9,13,15H,5,8H2,1-4H3. The topological polar surface area (TPSA) is 38.3 Å². The van der Waals surface area contributed by atoms with Crippen LogP contribution in [0.2, 0.25) is 0 Å². The minimum absolute atomic E-state index is 0.0868. The highest BCUT2D eigenvalue weighted by Gasteiger charge is 2.13. The van der Waals surface area contributed by atoms with Crippen molar-refractivity contribution in [2.75, 3.05) is 14.2 Å². The maximum atomic E-state index is 11.2. The molecule has 0 aromatic heterocycles. The van der Waals surface area contributed by atoms with Gasteiger partial charge in [-0.05, 0) is 37.6 Å². The van der Waals surface area contributed by atoms with Gasteiger partial charge in [0.2, 0.25) is 0 Å². The van der Waals surface area contributed by atoms with E-state index in [1.807, 2.05) is 19.2 Å². The largest absolute Gasteiger partial charge is 0.496 e. The zero-order chi connectivity index (χ0) is 12.8. The molecule has 3 heteroatoms. The molecule has 0 heterocycles. The average molecular weight is 235 g/mol. The predicted octanol–water partition coefficient (Wildman–Crippen LogP) is 2.50. The van der Waals surface area contributed by atoms with Crippen LogP contribution in [-0.2, 0) is 11.2 Å². The van der Waals surface area contributed by atoms with Crippen molar-refractivity contribution in [3.05, 3.63) is 29.3 Å². The Morgan fingerprint density at radius 2 is 2.18 bits per heavy atom. The van der Waals surface area contributed by atoms with Crippen molar-refractivity contribution >= 4 is 5.78 Å². The number of methoxy groups -OCH3 is 1. The molecular formula is C14H21NO2. The van der Waals surface area contributed by atoms with Gasteiger partial charge < -0.3 is 10.1 Å². The van der Waals surface area contributed by atoms with E-state index in [-0.39, 0.29) is 11.8 Å². The minimum Gasteiger partial charge on any atom is -0.496 e. The van der Waals surface area contributed by atoms with E-state index in [0.29, 0.717) is 6.42 Å². The van der Waals surface area contributed by atoms with E-state index in [1.165, 1.54) is 5.56 Å². The third kappa shape index (κ3) is 3.56. The molecule has 0 saturated carbocycles. The summed E-state index contributed by atoms with van der Waals surface area (Å²) in [5.41, 5.74) is 2.31. The quantitative estimate of drug-likeness (QED) is 0.823. The molecule has 17 heavy (non-hydrogen) atoms. The monoisotopic (exact) mass is 235 g/mol. The van der Waals surface area contributed by atoms with E-state index in [2.05, 4.69) is 18.3 Å². The molecule has 94 valence electrons. The van der Waals surface area contributed by atoms with Gasteiger partial charge in [0.25, 0.3) is 0 Å². The summed E-state index contributed by atoms with van der Waals surface area (Å²) in [6.07, 6.45) is 1.44. The van der Waals surface area contributed by atoms with Crippen LogP contribution in [0.25, 0.3) is 0 Å². The smallest absolute Gasteiger partial charge is 0.131 e. The normalized spacial score (nSPS) is 12.2. The first kappa shape index (κ1) is 13.7. The fraction of sp³-hybridized carbons (Fsp3) is 0.500. The number of aryl methyl sites for hydroxylation is 1. The summed E-state index contributed by atoms with van der Waals surface area (Å²) < 4.78 is 5.30. The maximum absolute atomic E-state index is 11.2. The molecule has 0 spiro atoms. The molecule has 0 fully saturated rings. The lowest BCUT2D eigenvalue weighted by molar-refractivity contribution is -0.117. The number of ether oxygens (including phenoxy) is 1. The Hall–Kier alpha value is -1.35. The van der Waals surface area contributed by atoms with Crippen LogP contribution < -0.4 is 10.1 Å². The van der Waals surface area contributed by atoms with Crippen LogP contribution >= 0.6 is 0 Å². The van der Waals surface area contributed by atoms with Crippen LogP contribution in [0.1, 0.15) is 37.4 Å². The van der Waals surface area contributed by atoms with Crippen molar-refractivity contribution in [2.24, 2.45) is 0 Å². The first-order valence-electron chi connectivity index (χ1n) is 5.95. The molecule has 0 aliphatic heterocycles. The van der Waals surface area contributed by atoms with Crippen molar-refractivity contribution in [3.8, 4) is 5.75 Å². The highest BCUT2D eigenvalue weighted by molar-refractivity contribution is 5.76. The van der Waals surface area contributed by atoms with Crippen molar-refractivity contribution < 1.29 is 9.53 Å². The average Bonchev–Trinajstić information content (AvgIpc) is 2.34. The molecule has 1 unspecified atom stereocenters. The summed E-state index contributed by atoms with van der Waals surface area (Å²) in [5.74, 6) is 1.10. The van der Waals surface area contributed by atoms with Crippen LogP contribution in [0, 0.1) is 0 Å². The highest BCUT2D eigenvalue weighted by Crippen LogP contribution is 2.25. The van der Waals surface area contributed by atoms with Gasteiger partial charge in [-0.1, -0.05) is 19.1 Å². The lowest BCUT2D eigenvalue weighted by Gasteiger charge is -2.17. The van der Waals surface area contributed by atoms with E-state index in [9.17, 15) is 4.79 Å². The van der Waals surface area contributed by atoms with Gasteiger partial charge in [0.1, 0.15) is 11.5 Å². The van der Waals surface area contributed by atoms with Crippen LogP contribution in [0.4, 0.5) is 0 Å². The summed E-state index contributed by atoms with van der Waals surface area (Å²) >= 11 is 0. The van der Waals surface area contributed by atoms with Crippen molar-refractivity contribution in [1.29, 1.82) is 0 Å². The zero-order valence-corrected chi connectivity index (χ0v) is 11.0. The number of hydrogen-bond acceptors (Lipinski definition) is 3. The minimum atomic E-state index is 0.0868. The van der Waals surface area contributed by atoms with Gasteiger partial charge in [-0.3, -0.25) is 4.79 Å². The number of carbonyl (C=O) groups is 1. The molecule has 1 aromatic carbocycles. The number of Topliss-reactive ketones (excluding diaryl/α,β-unsaturated/α-hetero) is 1. The number of hydrogen-bond donors (Lipinski definition) is 1. The molecule has 0 amide bonds. The van der Waals surface area contributed by atoms with E-state index >= 15 is 0 Å². The Balaban J connectivity index is 3.00. The fourth-order valence-electron chi connectivity index (χ4n) is 1.97. The van der Waals surface area contributed by atoms with Gasteiger partial charge in [0.15, 0.2) is 0 Å². The second-order valence-corrected chi connectivity index (χ2v) is 4.17. The second-order valence-electron chi connectivity index (χ2n) is 4.17. The van der Waals surface area contributed by atoms with Gasteiger partial charge in [0, 0.05) is 12.5 Å². The van der Waals surface area contributed by atoms with Gasteiger partial charge in [-0.15, -0.1) is 0 Å². The summed E-state index contributed by atoms with van der Waals surface area (Å²) in [6.45, 7) is 3.72. The molecule has 0 saturated heterocycles. The molecule has 0 bridgehead atoms. The Bertz CT molecular complexity index is 388. The first-order valence-corrected chi connectivity index (χ1v) is 5.95. The molecule has 0 aliphatic rings. The Morgan fingerprint density at radius 3 is 2.65 bits per heavy atom. The van der Waals surface area contributed by atoms with E-state index in [1.54, 1.807) is 14.0 Å². The van der Waals surface area contributed by atoms with Crippen molar-refractivity contribution in [1.82, 2.24) is 5.32 Å². The number of carbonyl (C=O) groups excluding carboxylic acids is 1. The predicted molar refractivity (Wildman–Crippen MR) is 69.5 cm³/mol. The molecule has 1 aromatic rings. The molecule has 1 atom stereocenters. The van der Waals surface area contributed by atoms with Gasteiger partial charge in [0.05, 0.1) is 7.11 Å². The lowest BCUT2D eigenvalue weighted by atomic mass is 9.98. The van der Waals surface area contributed by atoms with Gasteiger partial charge in [-0.2, -0.15) is 0 Å². The Labute approximate surface area is 103 Å². The van der Waals surface area contributed by atoms with Crippen LogP contribution in [0.15, 0.2) is 18.2 Å². The van der Waals surface area contributed by atoms with Crippen LogP contribution in [0.3, 0.4) is 0 Å². The van der Waals surface area contributed by atoms with E-state index in [0.717, 1.165) is 17.7 Å². The lowest BCUT2D eigenvalue weighted by Crippen LogP contribution is -2.19. The van der Waals surface area contributed by atoms with E-state index < -0.39 is 0 Å². The maximum Gasteiger partial charge on any atom is 0.131 e. The SMILES string of the molecule is CCc1cc(C(CC(C)=O)NC)ccc1OC. The van der Waals surface area contributed by atoms with E-state index in [4.69, 9.17) is 4.74 Å². The first-order chi connectivity index (χ1) is 8.12. The molecule has 3 nitrogen and oxygen atoms in total. The number of nitrogens with one attached hydrogen (secondary N) is 1. The number of ketones is 1. The number of benzene rings is 1. The van der Waals surface area contributed by atoms with Crippen LogP contribution in [-0.4, -0.2) is 19.9 Å². The second kappa shape index (κ2) is 6.40. The van der Waals surface area contributed by atoms with Crippen LogP contribution in [0.5, 0.6) is 5.75 Å². The molecule has 1 N–H and O–H groups in total. The summed E-state index contributed by atoms with van der Waals surface area (Å²) in [7, 11) is 3.56. The Morgan fingerprint density at radius 1 is 1.47 bits per heavy atom. The number of rotatable bonds is 6. The van der Waals surface area contributed by atoms with Gasteiger partial charge >= 0.3 is 0 Å².